The van der Waals surface area contributed by atoms with Crippen LogP contribution in [0.4, 0.5) is 14.5 Å². The number of carbonyl (C=O) groups is 1. The molecule has 2 aromatic carbocycles. The quantitative estimate of drug-likeness (QED) is 0.298. The molecule has 6 rings (SSSR count). The van der Waals surface area contributed by atoms with Crippen molar-refractivity contribution in [2.45, 2.75) is 63.2 Å². The topological polar surface area (TPSA) is 102 Å². The lowest BCUT2D eigenvalue weighted by atomic mass is 10.0. The maximum Gasteiger partial charge on any atom is 0.221 e. The minimum atomic E-state index is -2.68. The highest BCUT2D eigenvalue weighted by molar-refractivity contribution is 7.72. The number of hydrogen-bond acceptors (Lipinski definition) is 7. The summed E-state index contributed by atoms with van der Waals surface area (Å²) in [4.78, 5) is 13.9. The number of aromatic nitrogens is 1. The standard InChI is InChI=1S/C29H30ClF2N3O5S/c30-21-2-1-3-22(31)27(21)28-20(29(40-34-28)17-6-7-17)14-39-25-12-19-11-18(25)13-35(19)24-8-4-16(10-23(24)32)5-9-26(36)33-15-41(37)38/h1-4,8,10,17-19,25,41H,5-7,9,11-15H2,(H,33,36)/t18-,19-,25+/m0/s1. The molecule has 1 aliphatic heterocycles. The van der Waals surface area contributed by atoms with Gasteiger partial charge in [0.2, 0.25) is 5.91 Å². The summed E-state index contributed by atoms with van der Waals surface area (Å²) in [6.07, 6.45) is 4.00. The predicted octanol–water partition coefficient (Wildman–Crippen LogP) is 4.95. The first-order valence-electron chi connectivity index (χ1n) is 13.8. The summed E-state index contributed by atoms with van der Waals surface area (Å²) in [5.74, 6) is -0.370. The van der Waals surface area contributed by atoms with Crippen LogP contribution in [0.25, 0.3) is 11.3 Å². The Morgan fingerprint density at radius 1 is 1.17 bits per heavy atom. The fourth-order valence-corrected chi connectivity index (χ4v) is 6.64. The number of fused-ring (bicyclic) bond motifs is 2. The summed E-state index contributed by atoms with van der Waals surface area (Å²) >= 11 is 6.33. The molecule has 0 spiro atoms. The number of benzene rings is 2. The van der Waals surface area contributed by atoms with E-state index in [9.17, 15) is 17.6 Å². The first kappa shape index (κ1) is 28.1. The third-order valence-electron chi connectivity index (χ3n) is 8.25. The lowest BCUT2D eigenvalue weighted by Crippen LogP contribution is -2.39. The van der Waals surface area contributed by atoms with Gasteiger partial charge in [-0.15, -0.1) is 0 Å². The van der Waals surface area contributed by atoms with Gasteiger partial charge in [-0.25, -0.2) is 17.2 Å². The van der Waals surface area contributed by atoms with Gasteiger partial charge in [-0.2, -0.15) is 0 Å². The molecule has 0 radical (unpaired) electrons. The molecule has 12 heteroatoms. The molecule has 2 bridgehead atoms. The van der Waals surface area contributed by atoms with Crippen molar-refractivity contribution < 1.29 is 31.3 Å². The number of aryl methyl sites for hydroxylation is 1. The summed E-state index contributed by atoms with van der Waals surface area (Å²) in [5.41, 5.74) is 2.56. The fourth-order valence-electron chi connectivity index (χ4n) is 6.08. The number of nitrogens with one attached hydrogen (secondary N) is 1. The average molecular weight is 606 g/mol. The van der Waals surface area contributed by atoms with E-state index in [4.69, 9.17) is 20.9 Å². The molecule has 1 amide bonds. The Balaban J connectivity index is 1.09. The SMILES string of the molecule is O=C(CCc1ccc(N2C[C@@H]3C[C@H]2C[C@H]3OCc2c(-c3c(F)cccc3Cl)noc2C2CC2)c(F)c1)NC[SH](=O)=O. The van der Waals surface area contributed by atoms with Gasteiger partial charge in [-0.1, -0.05) is 28.9 Å². The van der Waals surface area contributed by atoms with Crippen LogP contribution in [-0.2, 0) is 33.3 Å². The van der Waals surface area contributed by atoms with Crippen molar-refractivity contribution in [1.29, 1.82) is 0 Å². The second-order valence-corrected chi connectivity index (χ2v) is 12.4. The maximum atomic E-state index is 15.1. The lowest BCUT2D eigenvalue weighted by molar-refractivity contribution is -0.120. The Morgan fingerprint density at radius 3 is 2.68 bits per heavy atom. The van der Waals surface area contributed by atoms with Crippen molar-refractivity contribution >= 4 is 33.9 Å². The molecule has 2 aliphatic carbocycles. The lowest BCUT2D eigenvalue weighted by Gasteiger charge is -2.33. The highest BCUT2D eigenvalue weighted by Crippen LogP contribution is 2.47. The van der Waals surface area contributed by atoms with Gasteiger partial charge in [0, 0.05) is 36.4 Å². The Labute approximate surface area is 242 Å². The van der Waals surface area contributed by atoms with Crippen LogP contribution in [0.1, 0.15) is 54.9 Å². The Bertz CT molecular complexity index is 1510. The van der Waals surface area contributed by atoms with E-state index in [0.717, 1.165) is 37.0 Å². The molecule has 2 saturated carbocycles. The number of carbonyl (C=O) groups excluding carboxylic acids is 1. The molecule has 0 unspecified atom stereocenters. The molecule has 1 aromatic heterocycles. The van der Waals surface area contributed by atoms with Gasteiger partial charge >= 0.3 is 0 Å². The first-order chi connectivity index (χ1) is 19.8. The van der Waals surface area contributed by atoms with Crippen molar-refractivity contribution in [3.05, 3.63) is 69.9 Å². The predicted molar refractivity (Wildman–Crippen MR) is 149 cm³/mol. The van der Waals surface area contributed by atoms with Crippen LogP contribution >= 0.6 is 11.6 Å². The minimum Gasteiger partial charge on any atom is -0.373 e. The number of thiol groups is 1. The van der Waals surface area contributed by atoms with E-state index < -0.39 is 28.3 Å². The van der Waals surface area contributed by atoms with Crippen LogP contribution in [0.5, 0.6) is 0 Å². The van der Waals surface area contributed by atoms with Gasteiger partial charge in [0.05, 0.1) is 29.0 Å². The van der Waals surface area contributed by atoms with Gasteiger partial charge in [-0.3, -0.25) is 4.79 Å². The van der Waals surface area contributed by atoms with E-state index in [1.165, 1.54) is 12.1 Å². The highest BCUT2D eigenvalue weighted by atomic mass is 35.5. The molecular weight excluding hydrogens is 576 g/mol. The molecule has 218 valence electrons. The Kier molecular flexibility index (Phi) is 8.02. The summed E-state index contributed by atoms with van der Waals surface area (Å²) in [7, 11) is -2.68. The van der Waals surface area contributed by atoms with E-state index in [0.29, 0.717) is 29.9 Å². The Morgan fingerprint density at radius 2 is 2.00 bits per heavy atom. The number of ether oxygens (including phenoxy) is 1. The number of nitrogens with zero attached hydrogens (tertiary/aromatic N) is 2. The number of halogens is 3. The monoisotopic (exact) mass is 605 g/mol. The van der Waals surface area contributed by atoms with Crippen LogP contribution in [0.3, 0.4) is 0 Å². The van der Waals surface area contributed by atoms with Crippen LogP contribution in [0.2, 0.25) is 5.02 Å². The van der Waals surface area contributed by atoms with Gasteiger partial charge < -0.3 is 19.5 Å². The third-order valence-corrected chi connectivity index (χ3v) is 8.98. The largest absolute Gasteiger partial charge is 0.373 e. The van der Waals surface area contributed by atoms with Crippen LogP contribution in [0.15, 0.2) is 40.9 Å². The Hall–Kier alpha value is -3.02. The van der Waals surface area contributed by atoms with Gasteiger partial charge in [0.15, 0.2) is 10.7 Å². The number of piperidine rings is 1. The van der Waals surface area contributed by atoms with Gasteiger partial charge in [0.25, 0.3) is 0 Å². The highest BCUT2D eigenvalue weighted by Gasteiger charge is 2.46. The van der Waals surface area contributed by atoms with Crippen LogP contribution < -0.4 is 10.2 Å². The summed E-state index contributed by atoms with van der Waals surface area (Å²) in [5, 5.41) is 6.78. The van der Waals surface area contributed by atoms with Crippen molar-refractivity contribution in [3.8, 4) is 11.3 Å². The number of amides is 1. The average Bonchev–Trinajstić information content (AvgIpc) is 3.39. The fraction of sp³-hybridized carbons (Fsp3) is 0.448. The van der Waals surface area contributed by atoms with E-state index in [2.05, 4.69) is 15.4 Å². The molecule has 3 aliphatic rings. The van der Waals surface area contributed by atoms with Crippen molar-refractivity contribution in [3.63, 3.8) is 0 Å². The molecule has 2 heterocycles. The molecule has 1 N–H and O–H groups in total. The molecule has 1 saturated heterocycles. The smallest absolute Gasteiger partial charge is 0.221 e. The summed E-state index contributed by atoms with van der Waals surface area (Å²) in [6, 6.07) is 9.67. The van der Waals surface area contributed by atoms with Crippen LogP contribution in [-0.4, -0.2) is 44.0 Å². The minimum absolute atomic E-state index is 0.0211. The zero-order valence-corrected chi connectivity index (χ0v) is 23.8. The van der Waals surface area contributed by atoms with Crippen molar-refractivity contribution in [1.82, 2.24) is 10.5 Å². The zero-order chi connectivity index (χ0) is 28.7. The molecule has 8 nitrogen and oxygen atoms in total. The molecule has 3 aromatic rings. The van der Waals surface area contributed by atoms with Gasteiger partial charge in [-0.05, 0) is 61.9 Å². The summed E-state index contributed by atoms with van der Waals surface area (Å²) < 4.78 is 63.1. The van der Waals surface area contributed by atoms with E-state index >= 15 is 4.39 Å². The zero-order valence-electron chi connectivity index (χ0n) is 22.2. The van der Waals surface area contributed by atoms with Crippen LogP contribution in [0, 0.1) is 17.6 Å². The molecule has 3 fully saturated rings. The summed E-state index contributed by atoms with van der Waals surface area (Å²) in [6.45, 7) is 0.900. The second-order valence-electron chi connectivity index (χ2n) is 11.0. The van der Waals surface area contributed by atoms with E-state index in [1.54, 1.807) is 24.3 Å². The molecule has 3 atom stereocenters. The number of anilines is 1. The maximum absolute atomic E-state index is 15.1. The van der Waals surface area contributed by atoms with Crippen molar-refractivity contribution in [2.24, 2.45) is 5.92 Å². The second kappa shape index (κ2) is 11.7. The number of hydrogen-bond donors (Lipinski definition) is 2. The van der Waals surface area contributed by atoms with E-state index in [1.807, 2.05) is 0 Å². The van der Waals surface area contributed by atoms with E-state index in [-0.39, 0.29) is 53.4 Å². The number of rotatable bonds is 11. The molecular formula is C29H30ClF2N3O5S. The first-order valence-corrected chi connectivity index (χ1v) is 15.5. The van der Waals surface area contributed by atoms with Crippen molar-refractivity contribution in [2.75, 3.05) is 17.3 Å². The van der Waals surface area contributed by atoms with Gasteiger partial charge in [0.1, 0.15) is 29.0 Å². The third kappa shape index (κ3) is 5.98. The normalized spacial score (nSPS) is 21.7. The molecule has 41 heavy (non-hydrogen) atoms.